The van der Waals surface area contributed by atoms with Gasteiger partial charge in [-0.15, -0.1) is 0 Å². The van der Waals surface area contributed by atoms with E-state index in [1.807, 2.05) is 24.1 Å². The van der Waals surface area contributed by atoms with Crippen molar-refractivity contribution in [3.05, 3.63) is 23.8 Å². The van der Waals surface area contributed by atoms with Crippen molar-refractivity contribution in [2.24, 2.45) is 0 Å². The molecular formula is C13H18N2O. The number of hydrogen-bond acceptors (Lipinski definition) is 2. The molecule has 1 aromatic rings. The van der Waals surface area contributed by atoms with Crippen molar-refractivity contribution >= 4 is 17.3 Å². The highest BCUT2D eigenvalue weighted by molar-refractivity contribution is 5.97. The Balaban J connectivity index is 2.44. The third kappa shape index (κ3) is 1.77. The van der Waals surface area contributed by atoms with Crippen LogP contribution in [-0.2, 0) is 11.2 Å². The zero-order valence-corrected chi connectivity index (χ0v) is 10.1. The topological polar surface area (TPSA) is 32.3 Å². The average Bonchev–Trinajstić information content (AvgIpc) is 2.27. The van der Waals surface area contributed by atoms with E-state index in [0.29, 0.717) is 6.42 Å². The Morgan fingerprint density at radius 3 is 2.69 bits per heavy atom. The number of benzene rings is 1. The normalized spacial score (nSPS) is 15.2. The van der Waals surface area contributed by atoms with E-state index in [9.17, 15) is 4.79 Å². The van der Waals surface area contributed by atoms with Crippen LogP contribution in [0.2, 0.25) is 0 Å². The first-order valence-corrected chi connectivity index (χ1v) is 5.76. The van der Waals surface area contributed by atoms with Crippen molar-refractivity contribution in [2.75, 3.05) is 17.3 Å². The van der Waals surface area contributed by atoms with Crippen LogP contribution in [0.25, 0.3) is 0 Å². The fraction of sp³-hybridized carbons (Fsp3) is 0.462. The Morgan fingerprint density at radius 1 is 1.31 bits per heavy atom. The minimum atomic E-state index is 0.229. The number of anilines is 2. The first-order valence-electron chi connectivity index (χ1n) is 5.76. The molecule has 0 atom stereocenters. The maximum atomic E-state index is 11.9. The molecule has 0 aromatic heterocycles. The Labute approximate surface area is 96.5 Å². The van der Waals surface area contributed by atoms with Gasteiger partial charge in [0.05, 0.1) is 0 Å². The molecule has 2 rings (SSSR count). The average molecular weight is 218 g/mol. The third-order valence-corrected chi connectivity index (χ3v) is 3.02. The molecule has 1 aliphatic rings. The molecule has 86 valence electrons. The summed E-state index contributed by atoms with van der Waals surface area (Å²) < 4.78 is 0. The number of nitrogens with zero attached hydrogens (tertiary/aromatic N) is 1. The second-order valence-electron chi connectivity index (χ2n) is 4.45. The largest absolute Gasteiger partial charge is 0.388 e. The van der Waals surface area contributed by atoms with Gasteiger partial charge in [0.2, 0.25) is 5.91 Å². The lowest BCUT2D eigenvalue weighted by atomic mass is 9.99. The molecule has 3 heteroatoms. The number of nitrogens with one attached hydrogen (secondary N) is 1. The zero-order valence-electron chi connectivity index (χ0n) is 10.1. The summed E-state index contributed by atoms with van der Waals surface area (Å²) in [5.41, 5.74) is 3.45. The van der Waals surface area contributed by atoms with Gasteiger partial charge in [-0.25, -0.2) is 0 Å². The minimum absolute atomic E-state index is 0.229. The molecule has 1 heterocycles. The predicted octanol–water partition coefficient (Wildman–Crippen LogP) is 2.42. The fourth-order valence-corrected chi connectivity index (χ4v) is 2.24. The number of carbonyl (C=O) groups excluding carboxylic acids is 1. The van der Waals surface area contributed by atoms with Gasteiger partial charge in [-0.1, -0.05) is 0 Å². The van der Waals surface area contributed by atoms with Gasteiger partial charge in [-0.3, -0.25) is 4.79 Å². The van der Waals surface area contributed by atoms with E-state index in [-0.39, 0.29) is 11.9 Å². The van der Waals surface area contributed by atoms with Crippen molar-refractivity contribution in [3.63, 3.8) is 0 Å². The molecule has 1 aliphatic heterocycles. The SMILES string of the molecule is CNc1ccc2c(c1)CCC(=O)N2C(C)C. The van der Waals surface area contributed by atoms with Gasteiger partial charge in [0.15, 0.2) is 0 Å². The molecule has 0 fully saturated rings. The number of carbonyl (C=O) groups is 1. The molecule has 0 spiro atoms. The highest BCUT2D eigenvalue weighted by Gasteiger charge is 2.25. The van der Waals surface area contributed by atoms with Crippen LogP contribution < -0.4 is 10.2 Å². The van der Waals surface area contributed by atoms with E-state index >= 15 is 0 Å². The Bertz CT molecular complexity index is 412. The van der Waals surface area contributed by atoms with Gasteiger partial charge in [0.25, 0.3) is 0 Å². The number of fused-ring (bicyclic) bond motifs is 1. The number of hydrogen-bond donors (Lipinski definition) is 1. The van der Waals surface area contributed by atoms with E-state index in [1.165, 1.54) is 5.56 Å². The van der Waals surface area contributed by atoms with Gasteiger partial charge >= 0.3 is 0 Å². The van der Waals surface area contributed by atoms with Crippen molar-refractivity contribution < 1.29 is 4.79 Å². The monoisotopic (exact) mass is 218 g/mol. The van der Waals surface area contributed by atoms with Crippen LogP contribution >= 0.6 is 0 Å². The van der Waals surface area contributed by atoms with Gasteiger partial charge in [-0.05, 0) is 44.0 Å². The Hall–Kier alpha value is -1.51. The second-order valence-corrected chi connectivity index (χ2v) is 4.45. The lowest BCUT2D eigenvalue weighted by Gasteiger charge is -2.33. The van der Waals surface area contributed by atoms with Gasteiger partial charge in [-0.2, -0.15) is 0 Å². The predicted molar refractivity (Wildman–Crippen MR) is 66.9 cm³/mol. The number of amides is 1. The number of rotatable bonds is 2. The highest BCUT2D eigenvalue weighted by atomic mass is 16.2. The molecule has 0 saturated heterocycles. The van der Waals surface area contributed by atoms with Gasteiger partial charge in [0, 0.05) is 30.9 Å². The Morgan fingerprint density at radius 2 is 2.06 bits per heavy atom. The lowest BCUT2D eigenvalue weighted by molar-refractivity contribution is -0.119. The van der Waals surface area contributed by atoms with E-state index in [2.05, 4.69) is 25.2 Å². The molecule has 1 aromatic carbocycles. The highest BCUT2D eigenvalue weighted by Crippen LogP contribution is 2.31. The molecule has 0 saturated carbocycles. The summed E-state index contributed by atoms with van der Waals surface area (Å²) >= 11 is 0. The summed E-state index contributed by atoms with van der Waals surface area (Å²) in [5.74, 6) is 0.236. The fourth-order valence-electron chi connectivity index (χ4n) is 2.24. The van der Waals surface area contributed by atoms with Crippen LogP contribution in [0.1, 0.15) is 25.8 Å². The Kier molecular flexibility index (Phi) is 2.86. The van der Waals surface area contributed by atoms with Crippen molar-refractivity contribution in [2.45, 2.75) is 32.7 Å². The summed E-state index contributed by atoms with van der Waals surface area (Å²) in [6.45, 7) is 4.11. The zero-order chi connectivity index (χ0) is 11.7. The van der Waals surface area contributed by atoms with E-state index in [0.717, 1.165) is 17.8 Å². The third-order valence-electron chi connectivity index (χ3n) is 3.02. The standard InChI is InChI=1S/C13H18N2O/c1-9(2)15-12-6-5-11(14-3)8-10(12)4-7-13(15)16/h5-6,8-9,14H,4,7H2,1-3H3. The maximum Gasteiger partial charge on any atom is 0.227 e. The molecule has 0 aliphatic carbocycles. The van der Waals surface area contributed by atoms with E-state index in [1.54, 1.807) is 0 Å². The molecule has 1 N–H and O–H groups in total. The summed E-state index contributed by atoms with van der Waals surface area (Å²) in [5, 5.41) is 3.13. The lowest BCUT2D eigenvalue weighted by Crippen LogP contribution is -2.40. The van der Waals surface area contributed by atoms with E-state index in [4.69, 9.17) is 0 Å². The molecule has 0 unspecified atom stereocenters. The summed E-state index contributed by atoms with van der Waals surface area (Å²) in [6.07, 6.45) is 1.48. The van der Waals surface area contributed by atoms with E-state index < -0.39 is 0 Å². The van der Waals surface area contributed by atoms with Crippen LogP contribution in [0, 0.1) is 0 Å². The summed E-state index contributed by atoms with van der Waals surface area (Å²) in [4.78, 5) is 13.8. The summed E-state index contributed by atoms with van der Waals surface area (Å²) in [6, 6.07) is 6.43. The number of aryl methyl sites for hydroxylation is 1. The molecule has 0 radical (unpaired) electrons. The van der Waals surface area contributed by atoms with Crippen LogP contribution in [0.5, 0.6) is 0 Å². The van der Waals surface area contributed by atoms with Crippen LogP contribution in [0.3, 0.4) is 0 Å². The van der Waals surface area contributed by atoms with Crippen LogP contribution in [0.15, 0.2) is 18.2 Å². The summed E-state index contributed by atoms with van der Waals surface area (Å²) in [7, 11) is 1.91. The maximum absolute atomic E-state index is 11.9. The van der Waals surface area contributed by atoms with Crippen molar-refractivity contribution in [1.82, 2.24) is 0 Å². The minimum Gasteiger partial charge on any atom is -0.388 e. The van der Waals surface area contributed by atoms with Crippen LogP contribution in [0.4, 0.5) is 11.4 Å². The quantitative estimate of drug-likeness (QED) is 0.826. The van der Waals surface area contributed by atoms with Gasteiger partial charge in [0.1, 0.15) is 0 Å². The molecular weight excluding hydrogens is 200 g/mol. The second kappa shape index (κ2) is 4.16. The van der Waals surface area contributed by atoms with Crippen LogP contribution in [-0.4, -0.2) is 19.0 Å². The van der Waals surface area contributed by atoms with Crippen molar-refractivity contribution in [1.29, 1.82) is 0 Å². The van der Waals surface area contributed by atoms with Crippen molar-refractivity contribution in [3.8, 4) is 0 Å². The smallest absolute Gasteiger partial charge is 0.227 e. The molecule has 1 amide bonds. The molecule has 0 bridgehead atoms. The first-order chi connectivity index (χ1) is 7.63. The van der Waals surface area contributed by atoms with Gasteiger partial charge < -0.3 is 10.2 Å². The first kappa shape index (κ1) is 11.0. The molecule has 3 nitrogen and oxygen atoms in total. The molecule has 16 heavy (non-hydrogen) atoms.